The largest absolute Gasteiger partial charge is 0.469 e. The molecule has 6 nitrogen and oxygen atoms in total. The molecule has 1 aliphatic carbocycles. The molecule has 0 aliphatic heterocycles. The van der Waals surface area contributed by atoms with Crippen molar-refractivity contribution in [1.82, 2.24) is 4.72 Å². The maximum atomic E-state index is 12.5. The van der Waals surface area contributed by atoms with Gasteiger partial charge >= 0.3 is 5.97 Å². The van der Waals surface area contributed by atoms with Gasteiger partial charge in [0.05, 0.1) is 19.3 Å². The molecule has 23 heavy (non-hydrogen) atoms. The van der Waals surface area contributed by atoms with Crippen LogP contribution < -0.4 is 4.72 Å². The van der Waals surface area contributed by atoms with Gasteiger partial charge in [-0.3, -0.25) is 4.79 Å². The molecule has 0 radical (unpaired) electrons. The van der Waals surface area contributed by atoms with E-state index in [0.29, 0.717) is 24.2 Å². The van der Waals surface area contributed by atoms with Crippen LogP contribution in [0.25, 0.3) is 0 Å². The van der Waals surface area contributed by atoms with E-state index in [0.717, 1.165) is 12.8 Å². The zero-order valence-electron chi connectivity index (χ0n) is 13.5. The van der Waals surface area contributed by atoms with Crippen molar-refractivity contribution in [3.63, 3.8) is 0 Å². The molecule has 128 valence electrons. The summed E-state index contributed by atoms with van der Waals surface area (Å²) in [5.41, 5.74) is 0.936. The number of methoxy groups -OCH3 is 2. The first kappa shape index (κ1) is 17.9. The zero-order valence-corrected chi connectivity index (χ0v) is 14.3. The van der Waals surface area contributed by atoms with E-state index >= 15 is 0 Å². The maximum Gasteiger partial charge on any atom is 0.309 e. The van der Waals surface area contributed by atoms with E-state index < -0.39 is 10.0 Å². The molecule has 0 amide bonds. The summed E-state index contributed by atoms with van der Waals surface area (Å²) in [5, 5.41) is 0. The SMILES string of the molecule is COCCC1(NS(=O)(=O)Cc2ccccc2CC(=O)OC)CC1. The first-order valence-corrected chi connectivity index (χ1v) is 9.19. The summed E-state index contributed by atoms with van der Waals surface area (Å²) in [7, 11) is -0.563. The van der Waals surface area contributed by atoms with Gasteiger partial charge in [-0.15, -0.1) is 0 Å². The van der Waals surface area contributed by atoms with Crippen LogP contribution >= 0.6 is 0 Å². The van der Waals surface area contributed by atoms with Crippen LogP contribution in [0.2, 0.25) is 0 Å². The van der Waals surface area contributed by atoms with Crippen molar-refractivity contribution in [2.45, 2.75) is 37.0 Å². The number of hydrogen-bond acceptors (Lipinski definition) is 5. The Morgan fingerprint density at radius 2 is 1.87 bits per heavy atom. The lowest BCUT2D eigenvalue weighted by Crippen LogP contribution is -2.38. The summed E-state index contributed by atoms with van der Waals surface area (Å²) in [5.74, 6) is -0.531. The number of benzene rings is 1. The van der Waals surface area contributed by atoms with Crippen molar-refractivity contribution in [3.8, 4) is 0 Å². The Hall–Kier alpha value is -1.44. The number of rotatable bonds is 9. The minimum Gasteiger partial charge on any atom is -0.469 e. The first-order chi connectivity index (χ1) is 10.9. The number of esters is 1. The fraction of sp³-hybridized carbons (Fsp3) is 0.562. The topological polar surface area (TPSA) is 81.7 Å². The predicted octanol–water partition coefficient (Wildman–Crippen LogP) is 1.39. The minimum atomic E-state index is -3.48. The molecule has 7 heteroatoms. The Kier molecular flexibility index (Phi) is 5.78. The van der Waals surface area contributed by atoms with Gasteiger partial charge in [0.25, 0.3) is 0 Å². The van der Waals surface area contributed by atoms with Gasteiger partial charge in [0.2, 0.25) is 10.0 Å². The van der Waals surface area contributed by atoms with Gasteiger partial charge in [-0.05, 0) is 30.4 Å². The van der Waals surface area contributed by atoms with E-state index in [1.165, 1.54) is 7.11 Å². The number of ether oxygens (including phenoxy) is 2. The molecular weight excluding hydrogens is 318 g/mol. The molecule has 0 atom stereocenters. The summed E-state index contributed by atoms with van der Waals surface area (Å²) in [6.07, 6.45) is 2.41. The summed E-state index contributed by atoms with van der Waals surface area (Å²) in [4.78, 5) is 11.5. The molecule has 0 bridgehead atoms. The van der Waals surface area contributed by atoms with E-state index in [1.54, 1.807) is 31.4 Å². The van der Waals surface area contributed by atoms with Crippen molar-refractivity contribution in [1.29, 1.82) is 0 Å². The van der Waals surface area contributed by atoms with E-state index in [4.69, 9.17) is 4.74 Å². The third-order valence-corrected chi connectivity index (χ3v) is 5.47. The van der Waals surface area contributed by atoms with Crippen LogP contribution in [0.4, 0.5) is 0 Å². The highest BCUT2D eigenvalue weighted by Crippen LogP contribution is 2.39. The monoisotopic (exact) mass is 341 g/mol. The average molecular weight is 341 g/mol. The van der Waals surface area contributed by atoms with Crippen molar-refractivity contribution in [2.75, 3.05) is 20.8 Å². The van der Waals surface area contributed by atoms with Crippen LogP contribution in [0.3, 0.4) is 0 Å². The molecule has 2 rings (SSSR count). The van der Waals surface area contributed by atoms with Crippen LogP contribution in [-0.2, 0) is 36.5 Å². The summed E-state index contributed by atoms with van der Waals surface area (Å²) >= 11 is 0. The lowest BCUT2D eigenvalue weighted by Gasteiger charge is -2.18. The summed E-state index contributed by atoms with van der Waals surface area (Å²) < 4.78 is 37.4. The Balaban J connectivity index is 2.07. The number of hydrogen-bond donors (Lipinski definition) is 1. The van der Waals surface area contributed by atoms with Gasteiger partial charge in [0, 0.05) is 19.3 Å². The first-order valence-electron chi connectivity index (χ1n) is 7.54. The molecule has 1 saturated carbocycles. The van der Waals surface area contributed by atoms with Crippen LogP contribution in [0, 0.1) is 0 Å². The van der Waals surface area contributed by atoms with Crippen molar-refractivity contribution in [2.24, 2.45) is 0 Å². The van der Waals surface area contributed by atoms with Crippen LogP contribution in [0.1, 0.15) is 30.4 Å². The molecule has 1 fully saturated rings. The zero-order chi connectivity index (χ0) is 16.9. The third-order valence-electron chi connectivity index (χ3n) is 4.04. The van der Waals surface area contributed by atoms with Gasteiger partial charge in [-0.1, -0.05) is 24.3 Å². The fourth-order valence-corrected chi connectivity index (χ4v) is 4.25. The van der Waals surface area contributed by atoms with E-state index in [-0.39, 0.29) is 23.7 Å². The highest BCUT2D eigenvalue weighted by Gasteiger charge is 2.45. The van der Waals surface area contributed by atoms with Gasteiger partial charge in [0.1, 0.15) is 0 Å². The second kappa shape index (κ2) is 7.42. The second-order valence-corrected chi connectivity index (χ2v) is 7.63. The number of sulfonamides is 1. The molecule has 0 unspecified atom stereocenters. The van der Waals surface area contributed by atoms with Crippen molar-refractivity contribution in [3.05, 3.63) is 35.4 Å². The highest BCUT2D eigenvalue weighted by atomic mass is 32.2. The Morgan fingerprint density at radius 1 is 1.22 bits per heavy atom. The Bertz CT molecular complexity index is 652. The molecule has 0 spiro atoms. The van der Waals surface area contributed by atoms with Crippen LogP contribution in [0.5, 0.6) is 0 Å². The van der Waals surface area contributed by atoms with E-state index in [9.17, 15) is 13.2 Å². The fourth-order valence-electron chi connectivity index (χ4n) is 2.52. The number of nitrogens with one attached hydrogen (secondary N) is 1. The molecule has 1 N–H and O–H groups in total. The predicted molar refractivity (Wildman–Crippen MR) is 86.4 cm³/mol. The van der Waals surface area contributed by atoms with Crippen molar-refractivity contribution >= 4 is 16.0 Å². The average Bonchev–Trinajstić information content (AvgIpc) is 3.25. The van der Waals surface area contributed by atoms with Gasteiger partial charge in [-0.2, -0.15) is 0 Å². The van der Waals surface area contributed by atoms with Crippen LogP contribution in [-0.4, -0.2) is 40.8 Å². The normalized spacial score (nSPS) is 16.1. The molecule has 0 saturated heterocycles. The summed E-state index contributed by atoms with van der Waals surface area (Å²) in [6.45, 7) is 0.529. The summed E-state index contributed by atoms with van der Waals surface area (Å²) in [6, 6.07) is 7.03. The minimum absolute atomic E-state index is 0.0665. The lowest BCUT2D eigenvalue weighted by atomic mass is 10.1. The lowest BCUT2D eigenvalue weighted by molar-refractivity contribution is -0.139. The van der Waals surface area contributed by atoms with Gasteiger partial charge in [-0.25, -0.2) is 13.1 Å². The number of carbonyl (C=O) groups excluding carboxylic acids is 1. The maximum absolute atomic E-state index is 12.5. The second-order valence-electron chi connectivity index (χ2n) is 5.91. The number of carbonyl (C=O) groups is 1. The third kappa shape index (κ3) is 5.30. The molecule has 1 aliphatic rings. The molecule has 1 aromatic carbocycles. The van der Waals surface area contributed by atoms with E-state index in [1.807, 2.05) is 0 Å². The van der Waals surface area contributed by atoms with Crippen LogP contribution in [0.15, 0.2) is 24.3 Å². The highest BCUT2D eigenvalue weighted by molar-refractivity contribution is 7.88. The quantitative estimate of drug-likeness (QED) is 0.687. The standard InChI is InChI=1S/C16H23NO5S/c1-21-10-9-16(7-8-16)17-23(19,20)12-14-6-4-3-5-13(14)11-15(18)22-2/h3-6,17H,7-12H2,1-2H3. The molecular formula is C16H23NO5S. The Morgan fingerprint density at radius 3 is 2.43 bits per heavy atom. The van der Waals surface area contributed by atoms with Crippen molar-refractivity contribution < 1.29 is 22.7 Å². The smallest absolute Gasteiger partial charge is 0.309 e. The molecule has 1 aromatic rings. The van der Waals surface area contributed by atoms with E-state index in [2.05, 4.69) is 9.46 Å². The van der Waals surface area contributed by atoms with Gasteiger partial charge in [0.15, 0.2) is 0 Å². The molecule has 0 heterocycles. The molecule has 0 aromatic heterocycles. The van der Waals surface area contributed by atoms with Gasteiger partial charge < -0.3 is 9.47 Å². The Labute approximate surface area is 137 Å².